The monoisotopic (exact) mass is 427 g/mol. The normalized spacial score (nSPS) is 27.2. The Bertz CT molecular complexity index is 882. The fourth-order valence-corrected chi connectivity index (χ4v) is 4.87. The first-order valence-corrected chi connectivity index (χ1v) is 11.0. The van der Waals surface area contributed by atoms with E-state index >= 15 is 0 Å². The van der Waals surface area contributed by atoms with Gasteiger partial charge in [0.2, 0.25) is 17.7 Å². The van der Waals surface area contributed by atoms with Crippen molar-refractivity contribution in [3.05, 3.63) is 41.5 Å². The summed E-state index contributed by atoms with van der Waals surface area (Å²) in [6.07, 6.45) is 5.03. The maximum atomic E-state index is 13.5. The molecule has 0 bridgehead atoms. The minimum Gasteiger partial charge on any atom is -0.396 e. The van der Waals surface area contributed by atoms with E-state index in [4.69, 9.17) is 0 Å². The fourth-order valence-electron chi connectivity index (χ4n) is 4.87. The van der Waals surface area contributed by atoms with Crippen molar-refractivity contribution >= 4 is 23.4 Å². The zero-order valence-electron chi connectivity index (χ0n) is 18.7. The lowest BCUT2D eigenvalue weighted by atomic mass is 9.70. The number of aliphatic hydroxyl groups is 1. The SMILES string of the molecule is CNC(=O)[C@H]1[C@@H]2C(=O)N(CCCCO)[C@H](C(=O)Nc3cc(C)ccc3C)[C@H]2C=C[C@H]1C. The van der Waals surface area contributed by atoms with E-state index in [1.165, 1.54) is 0 Å². The molecule has 1 saturated heterocycles. The Morgan fingerprint density at radius 2 is 1.87 bits per heavy atom. The molecular formula is C24H33N3O4. The molecular weight excluding hydrogens is 394 g/mol. The molecule has 1 heterocycles. The molecule has 2 aliphatic rings. The lowest BCUT2D eigenvalue weighted by Gasteiger charge is -2.32. The van der Waals surface area contributed by atoms with Crippen LogP contribution in [0.4, 0.5) is 5.69 Å². The van der Waals surface area contributed by atoms with E-state index < -0.39 is 17.9 Å². The molecule has 7 nitrogen and oxygen atoms in total. The van der Waals surface area contributed by atoms with E-state index in [2.05, 4.69) is 10.6 Å². The minimum atomic E-state index is -0.688. The van der Waals surface area contributed by atoms with Gasteiger partial charge in [0.1, 0.15) is 6.04 Å². The number of nitrogens with zero attached hydrogens (tertiary/aromatic N) is 1. The van der Waals surface area contributed by atoms with Crippen molar-refractivity contribution in [1.82, 2.24) is 10.2 Å². The van der Waals surface area contributed by atoms with Crippen LogP contribution in [0.5, 0.6) is 0 Å². The molecule has 5 atom stereocenters. The number of hydrogen-bond donors (Lipinski definition) is 3. The summed E-state index contributed by atoms with van der Waals surface area (Å²) in [5.74, 6) is -2.11. The van der Waals surface area contributed by atoms with Gasteiger partial charge in [-0.15, -0.1) is 0 Å². The number of anilines is 1. The largest absolute Gasteiger partial charge is 0.396 e. The summed E-state index contributed by atoms with van der Waals surface area (Å²) >= 11 is 0. The summed E-state index contributed by atoms with van der Waals surface area (Å²) in [7, 11) is 1.57. The fraction of sp³-hybridized carbons (Fsp3) is 0.542. The van der Waals surface area contributed by atoms with Crippen molar-refractivity contribution in [2.24, 2.45) is 23.7 Å². The van der Waals surface area contributed by atoms with Gasteiger partial charge in [0.05, 0.1) is 11.8 Å². The van der Waals surface area contributed by atoms with Crippen molar-refractivity contribution in [2.75, 3.05) is 25.5 Å². The first kappa shape index (κ1) is 23.0. The molecule has 0 aromatic heterocycles. The Labute approximate surface area is 183 Å². The van der Waals surface area contributed by atoms with Crippen LogP contribution in [0, 0.1) is 37.5 Å². The van der Waals surface area contributed by atoms with E-state index in [1.807, 2.05) is 51.1 Å². The summed E-state index contributed by atoms with van der Waals surface area (Å²) in [4.78, 5) is 41.2. The third kappa shape index (κ3) is 4.51. The molecule has 3 rings (SSSR count). The molecule has 3 amide bonds. The van der Waals surface area contributed by atoms with Crippen molar-refractivity contribution < 1.29 is 19.5 Å². The average molecular weight is 428 g/mol. The molecule has 0 saturated carbocycles. The summed E-state index contributed by atoms with van der Waals surface area (Å²) in [5.41, 5.74) is 2.71. The van der Waals surface area contributed by atoms with Crippen LogP contribution in [-0.2, 0) is 14.4 Å². The molecule has 1 aromatic rings. The molecule has 1 aromatic carbocycles. The van der Waals surface area contributed by atoms with Gasteiger partial charge in [0, 0.05) is 31.8 Å². The number of rotatable bonds is 7. The van der Waals surface area contributed by atoms with Crippen molar-refractivity contribution in [2.45, 2.75) is 39.7 Å². The molecule has 1 aliphatic carbocycles. The lowest BCUT2D eigenvalue weighted by molar-refractivity contribution is -0.140. The number of fused-ring (bicyclic) bond motifs is 1. The Morgan fingerprint density at radius 3 is 2.55 bits per heavy atom. The molecule has 0 spiro atoms. The van der Waals surface area contributed by atoms with Crippen LogP contribution in [0.2, 0.25) is 0 Å². The number of benzene rings is 1. The predicted octanol–water partition coefficient (Wildman–Crippen LogP) is 2.03. The molecule has 31 heavy (non-hydrogen) atoms. The topological polar surface area (TPSA) is 98.7 Å². The number of aliphatic hydroxyl groups excluding tert-OH is 1. The zero-order valence-corrected chi connectivity index (χ0v) is 18.7. The van der Waals surface area contributed by atoms with Gasteiger partial charge < -0.3 is 20.6 Å². The predicted molar refractivity (Wildman–Crippen MR) is 119 cm³/mol. The van der Waals surface area contributed by atoms with Crippen LogP contribution in [0.15, 0.2) is 30.4 Å². The summed E-state index contributed by atoms with van der Waals surface area (Å²) in [6, 6.07) is 5.17. The average Bonchev–Trinajstić information content (AvgIpc) is 3.02. The van der Waals surface area contributed by atoms with Gasteiger partial charge in [-0.1, -0.05) is 31.2 Å². The summed E-state index contributed by atoms with van der Waals surface area (Å²) in [5, 5.41) is 14.9. The van der Waals surface area contributed by atoms with Crippen LogP contribution in [0.1, 0.15) is 30.9 Å². The molecule has 1 fully saturated rings. The number of nitrogens with one attached hydrogen (secondary N) is 2. The Hall–Kier alpha value is -2.67. The number of aryl methyl sites for hydroxylation is 2. The molecule has 168 valence electrons. The second-order valence-electron chi connectivity index (χ2n) is 8.70. The van der Waals surface area contributed by atoms with Gasteiger partial charge >= 0.3 is 0 Å². The maximum Gasteiger partial charge on any atom is 0.247 e. The summed E-state index contributed by atoms with van der Waals surface area (Å²) in [6.45, 7) is 6.23. The van der Waals surface area contributed by atoms with E-state index in [0.717, 1.165) is 16.8 Å². The molecule has 0 unspecified atom stereocenters. The quantitative estimate of drug-likeness (QED) is 0.458. The highest BCUT2D eigenvalue weighted by Gasteiger charge is 2.56. The van der Waals surface area contributed by atoms with Crippen LogP contribution in [0.3, 0.4) is 0 Å². The number of carbonyl (C=O) groups is 3. The van der Waals surface area contributed by atoms with E-state index in [9.17, 15) is 19.5 Å². The number of unbranched alkanes of at least 4 members (excludes halogenated alkanes) is 1. The first-order valence-electron chi connectivity index (χ1n) is 11.0. The second-order valence-corrected chi connectivity index (χ2v) is 8.70. The smallest absolute Gasteiger partial charge is 0.247 e. The van der Waals surface area contributed by atoms with Crippen molar-refractivity contribution in [3.63, 3.8) is 0 Å². The summed E-state index contributed by atoms with van der Waals surface area (Å²) < 4.78 is 0. The number of allylic oxidation sites excluding steroid dienone is 1. The van der Waals surface area contributed by atoms with Crippen LogP contribution in [0.25, 0.3) is 0 Å². The lowest BCUT2D eigenvalue weighted by Crippen LogP contribution is -2.45. The van der Waals surface area contributed by atoms with Gasteiger partial charge in [-0.2, -0.15) is 0 Å². The number of hydrogen-bond acceptors (Lipinski definition) is 4. The zero-order chi connectivity index (χ0) is 22.7. The van der Waals surface area contributed by atoms with Gasteiger partial charge in [0.15, 0.2) is 0 Å². The van der Waals surface area contributed by atoms with Gasteiger partial charge in [0.25, 0.3) is 0 Å². The van der Waals surface area contributed by atoms with Crippen LogP contribution in [-0.4, -0.2) is 54.0 Å². The van der Waals surface area contributed by atoms with Gasteiger partial charge in [-0.05, 0) is 49.8 Å². The minimum absolute atomic E-state index is 0.0338. The third-order valence-electron chi connectivity index (χ3n) is 6.55. The molecule has 1 aliphatic heterocycles. The standard InChI is InChI=1S/C24H33N3O4/c1-14-7-8-15(2)18(13-14)26-23(30)21-17-10-9-16(3)19(22(29)25-4)20(17)24(31)27(21)11-5-6-12-28/h7-10,13,16-17,19-21,28H,5-6,11-12H2,1-4H3,(H,25,29)(H,26,30)/t16-,17+,19-,20-,21+/m1/s1. The Morgan fingerprint density at radius 1 is 1.13 bits per heavy atom. The first-order chi connectivity index (χ1) is 14.8. The number of amides is 3. The third-order valence-corrected chi connectivity index (χ3v) is 6.55. The van der Waals surface area contributed by atoms with Crippen LogP contribution >= 0.6 is 0 Å². The Balaban J connectivity index is 1.95. The maximum absolute atomic E-state index is 13.5. The highest BCUT2D eigenvalue weighted by Crippen LogP contribution is 2.44. The van der Waals surface area contributed by atoms with E-state index in [-0.39, 0.29) is 36.2 Å². The van der Waals surface area contributed by atoms with E-state index in [1.54, 1.807) is 11.9 Å². The van der Waals surface area contributed by atoms with Crippen LogP contribution < -0.4 is 10.6 Å². The van der Waals surface area contributed by atoms with Crippen molar-refractivity contribution in [1.29, 1.82) is 0 Å². The Kier molecular flexibility index (Phi) is 7.15. The number of carbonyl (C=O) groups excluding carboxylic acids is 3. The van der Waals surface area contributed by atoms with Gasteiger partial charge in [-0.3, -0.25) is 14.4 Å². The molecule has 3 N–H and O–H groups in total. The van der Waals surface area contributed by atoms with E-state index in [0.29, 0.717) is 19.4 Å². The van der Waals surface area contributed by atoms with Gasteiger partial charge in [-0.25, -0.2) is 0 Å². The highest BCUT2D eigenvalue weighted by atomic mass is 16.3. The number of likely N-dealkylation sites (tertiary alicyclic amines) is 1. The second kappa shape index (κ2) is 9.64. The molecule has 0 radical (unpaired) electrons. The molecule has 7 heteroatoms. The highest BCUT2D eigenvalue weighted by molar-refractivity contribution is 6.02. The van der Waals surface area contributed by atoms with Crippen molar-refractivity contribution in [3.8, 4) is 0 Å².